The first-order valence-corrected chi connectivity index (χ1v) is 11.2. The highest BCUT2D eigenvalue weighted by Crippen LogP contribution is 2.19. The molecule has 5 nitrogen and oxygen atoms in total. The molecule has 2 atom stereocenters. The second kappa shape index (κ2) is 11.8. The van der Waals surface area contributed by atoms with Gasteiger partial charge in [-0.3, -0.25) is 9.59 Å². The van der Waals surface area contributed by atoms with Gasteiger partial charge in [-0.15, -0.1) is 0 Å². The van der Waals surface area contributed by atoms with Crippen molar-refractivity contribution in [1.82, 2.24) is 10.2 Å². The molecule has 0 spiro atoms. The SMILES string of the molecule is CC[C@H](C)NC(=O)[C@H](C)N(Cc1cccc(Cl)c1)C(=O)COc1ccc(C(C)C)cc1. The predicted molar refractivity (Wildman–Crippen MR) is 125 cm³/mol. The number of rotatable bonds is 10. The Labute approximate surface area is 190 Å². The summed E-state index contributed by atoms with van der Waals surface area (Å²) < 4.78 is 5.73. The van der Waals surface area contributed by atoms with E-state index in [2.05, 4.69) is 19.2 Å². The molecule has 0 radical (unpaired) electrons. The molecule has 6 heteroatoms. The van der Waals surface area contributed by atoms with Gasteiger partial charge >= 0.3 is 0 Å². The molecule has 1 N–H and O–H groups in total. The Balaban J connectivity index is 2.13. The van der Waals surface area contributed by atoms with Crippen LogP contribution in [0.5, 0.6) is 5.75 Å². The normalized spacial score (nSPS) is 12.9. The topological polar surface area (TPSA) is 58.6 Å². The van der Waals surface area contributed by atoms with Crippen LogP contribution in [0.15, 0.2) is 48.5 Å². The number of hydrogen-bond donors (Lipinski definition) is 1. The monoisotopic (exact) mass is 444 g/mol. The van der Waals surface area contributed by atoms with Gasteiger partial charge in [0, 0.05) is 17.6 Å². The molecule has 0 aliphatic rings. The number of halogens is 1. The second-order valence-corrected chi connectivity index (χ2v) is 8.59. The van der Waals surface area contributed by atoms with Gasteiger partial charge in [-0.05, 0) is 61.6 Å². The highest BCUT2D eigenvalue weighted by molar-refractivity contribution is 6.30. The third kappa shape index (κ3) is 7.59. The molecule has 0 aliphatic heterocycles. The van der Waals surface area contributed by atoms with Gasteiger partial charge in [0.15, 0.2) is 6.61 Å². The molecule has 2 aromatic carbocycles. The molecule has 0 fully saturated rings. The van der Waals surface area contributed by atoms with Crippen molar-refractivity contribution in [3.63, 3.8) is 0 Å². The van der Waals surface area contributed by atoms with Crippen molar-refractivity contribution < 1.29 is 14.3 Å². The van der Waals surface area contributed by atoms with Gasteiger partial charge in [-0.25, -0.2) is 0 Å². The summed E-state index contributed by atoms with van der Waals surface area (Å²) in [6, 6.07) is 14.4. The van der Waals surface area contributed by atoms with Crippen LogP contribution in [-0.2, 0) is 16.1 Å². The number of nitrogens with one attached hydrogen (secondary N) is 1. The molecule has 2 amide bonds. The van der Waals surface area contributed by atoms with Crippen molar-refractivity contribution in [2.45, 2.75) is 65.6 Å². The van der Waals surface area contributed by atoms with Gasteiger partial charge in [0.05, 0.1) is 0 Å². The lowest BCUT2D eigenvalue weighted by molar-refractivity contribution is -0.142. The van der Waals surface area contributed by atoms with Crippen LogP contribution >= 0.6 is 11.6 Å². The lowest BCUT2D eigenvalue weighted by Gasteiger charge is -2.29. The van der Waals surface area contributed by atoms with E-state index in [-0.39, 0.29) is 31.0 Å². The Bertz CT molecular complexity index is 867. The van der Waals surface area contributed by atoms with E-state index < -0.39 is 6.04 Å². The number of hydrogen-bond acceptors (Lipinski definition) is 3. The van der Waals surface area contributed by atoms with Crippen LogP contribution in [0.1, 0.15) is 58.1 Å². The van der Waals surface area contributed by atoms with Crippen LogP contribution in [-0.4, -0.2) is 35.4 Å². The van der Waals surface area contributed by atoms with Crippen molar-refractivity contribution in [3.8, 4) is 5.75 Å². The maximum atomic E-state index is 13.1. The molecule has 31 heavy (non-hydrogen) atoms. The van der Waals surface area contributed by atoms with E-state index >= 15 is 0 Å². The zero-order chi connectivity index (χ0) is 23.0. The molecule has 2 rings (SSSR count). The predicted octanol–water partition coefficient (Wildman–Crippen LogP) is 5.17. The molecule has 168 valence electrons. The Hall–Kier alpha value is -2.53. The van der Waals surface area contributed by atoms with E-state index in [1.807, 2.05) is 50.2 Å². The Morgan fingerprint density at radius 1 is 1.06 bits per heavy atom. The Morgan fingerprint density at radius 3 is 2.32 bits per heavy atom. The Morgan fingerprint density at radius 2 is 1.74 bits per heavy atom. The lowest BCUT2D eigenvalue weighted by atomic mass is 10.0. The van der Waals surface area contributed by atoms with Crippen molar-refractivity contribution >= 4 is 23.4 Å². The van der Waals surface area contributed by atoms with E-state index in [0.717, 1.165) is 12.0 Å². The van der Waals surface area contributed by atoms with E-state index in [4.69, 9.17) is 16.3 Å². The molecule has 0 bridgehead atoms. The minimum atomic E-state index is -0.646. The second-order valence-electron chi connectivity index (χ2n) is 8.16. The van der Waals surface area contributed by atoms with Crippen LogP contribution in [0.2, 0.25) is 5.02 Å². The molecule has 0 heterocycles. The van der Waals surface area contributed by atoms with Gasteiger partial charge in [-0.2, -0.15) is 0 Å². The minimum Gasteiger partial charge on any atom is -0.484 e. The van der Waals surface area contributed by atoms with Crippen molar-refractivity contribution in [2.24, 2.45) is 0 Å². The summed E-state index contributed by atoms with van der Waals surface area (Å²) in [7, 11) is 0. The first kappa shape index (κ1) is 24.7. The lowest BCUT2D eigenvalue weighted by Crippen LogP contribution is -2.50. The zero-order valence-electron chi connectivity index (χ0n) is 19.0. The van der Waals surface area contributed by atoms with E-state index in [0.29, 0.717) is 16.7 Å². The Kier molecular flexibility index (Phi) is 9.38. The van der Waals surface area contributed by atoms with Gasteiger partial charge in [0.1, 0.15) is 11.8 Å². The summed E-state index contributed by atoms with van der Waals surface area (Å²) in [6.07, 6.45) is 0.816. The van der Waals surface area contributed by atoms with Crippen LogP contribution < -0.4 is 10.1 Å². The maximum absolute atomic E-state index is 13.1. The summed E-state index contributed by atoms with van der Waals surface area (Å²) in [4.78, 5) is 27.3. The first-order chi connectivity index (χ1) is 14.7. The molecular formula is C25H33ClN2O3. The van der Waals surface area contributed by atoms with E-state index in [9.17, 15) is 9.59 Å². The van der Waals surface area contributed by atoms with Crippen LogP contribution in [0.4, 0.5) is 0 Å². The fraction of sp³-hybridized carbons (Fsp3) is 0.440. The smallest absolute Gasteiger partial charge is 0.261 e. The van der Waals surface area contributed by atoms with Crippen molar-refractivity contribution in [3.05, 3.63) is 64.7 Å². The van der Waals surface area contributed by atoms with Crippen molar-refractivity contribution in [2.75, 3.05) is 6.61 Å². The number of amides is 2. The minimum absolute atomic E-state index is 0.0359. The summed E-state index contributed by atoms with van der Waals surface area (Å²) in [5, 5.41) is 3.54. The first-order valence-electron chi connectivity index (χ1n) is 10.8. The van der Waals surface area contributed by atoms with E-state index in [1.165, 1.54) is 10.5 Å². The molecule has 0 aromatic heterocycles. The standard InChI is InChI=1S/C25H33ClN2O3/c1-6-18(4)27-25(30)19(5)28(15-20-8-7-9-22(26)14-20)24(29)16-31-23-12-10-21(11-13-23)17(2)3/h7-14,17-19H,6,15-16H2,1-5H3,(H,27,30)/t18-,19-/m0/s1. The molecule has 0 aliphatic carbocycles. The largest absolute Gasteiger partial charge is 0.484 e. The summed E-state index contributed by atoms with van der Waals surface area (Å²) in [5.74, 6) is 0.594. The molecule has 0 saturated carbocycles. The number of ether oxygens (including phenoxy) is 1. The van der Waals surface area contributed by atoms with Crippen molar-refractivity contribution in [1.29, 1.82) is 0 Å². The third-order valence-corrected chi connectivity index (χ3v) is 5.55. The number of carbonyl (C=O) groups is 2. The van der Waals surface area contributed by atoms with Gasteiger partial charge in [0.25, 0.3) is 5.91 Å². The molecule has 0 unspecified atom stereocenters. The van der Waals surface area contributed by atoms with Gasteiger partial charge < -0.3 is 15.0 Å². The van der Waals surface area contributed by atoms with Gasteiger partial charge in [-0.1, -0.05) is 56.6 Å². The van der Waals surface area contributed by atoms with Crippen LogP contribution in [0.25, 0.3) is 0 Å². The highest BCUT2D eigenvalue weighted by Gasteiger charge is 2.27. The van der Waals surface area contributed by atoms with Crippen LogP contribution in [0, 0.1) is 0 Å². The average Bonchev–Trinajstić information content (AvgIpc) is 2.75. The molecule has 2 aromatic rings. The fourth-order valence-corrected chi connectivity index (χ4v) is 3.27. The fourth-order valence-electron chi connectivity index (χ4n) is 3.06. The highest BCUT2D eigenvalue weighted by atomic mass is 35.5. The molecular weight excluding hydrogens is 412 g/mol. The van der Waals surface area contributed by atoms with E-state index in [1.54, 1.807) is 19.1 Å². The summed E-state index contributed by atoms with van der Waals surface area (Å²) in [6.45, 7) is 10.0. The maximum Gasteiger partial charge on any atom is 0.261 e. The average molecular weight is 445 g/mol. The van der Waals surface area contributed by atoms with Gasteiger partial charge in [0.2, 0.25) is 5.91 Å². The third-order valence-electron chi connectivity index (χ3n) is 5.32. The molecule has 0 saturated heterocycles. The quantitative estimate of drug-likeness (QED) is 0.549. The number of nitrogens with zero attached hydrogens (tertiary/aromatic N) is 1. The number of carbonyl (C=O) groups excluding carboxylic acids is 2. The zero-order valence-corrected chi connectivity index (χ0v) is 19.8. The number of benzene rings is 2. The summed E-state index contributed by atoms with van der Waals surface area (Å²) in [5.41, 5.74) is 2.06. The summed E-state index contributed by atoms with van der Waals surface area (Å²) >= 11 is 6.11. The van der Waals surface area contributed by atoms with Crippen LogP contribution in [0.3, 0.4) is 0 Å².